The van der Waals surface area contributed by atoms with E-state index < -0.39 is 0 Å². The van der Waals surface area contributed by atoms with E-state index in [1.54, 1.807) is 6.07 Å². The van der Waals surface area contributed by atoms with Gasteiger partial charge in [-0.15, -0.1) is 6.42 Å². The van der Waals surface area contributed by atoms with Crippen LogP contribution in [0, 0.1) is 25.1 Å². The normalized spacial score (nSPS) is 9.83. The molecule has 2 aromatic rings. The number of halogens is 1. The molecule has 90 valence electrons. The van der Waals surface area contributed by atoms with Gasteiger partial charge in [-0.1, -0.05) is 24.1 Å². The van der Waals surface area contributed by atoms with Crippen LogP contribution in [0.2, 0.25) is 0 Å². The van der Waals surface area contributed by atoms with Gasteiger partial charge >= 0.3 is 0 Å². The minimum Gasteiger partial charge on any atom is -0.488 e. The molecule has 0 atom stereocenters. The van der Waals surface area contributed by atoms with Crippen molar-refractivity contribution in [1.29, 1.82) is 0 Å². The lowest BCUT2D eigenvalue weighted by Crippen LogP contribution is -1.98. The maximum atomic E-state index is 13.0. The molecule has 0 aromatic heterocycles. The zero-order valence-corrected chi connectivity index (χ0v) is 10.1. The van der Waals surface area contributed by atoms with Crippen molar-refractivity contribution in [2.75, 3.05) is 0 Å². The summed E-state index contributed by atoms with van der Waals surface area (Å²) in [7, 11) is 0. The van der Waals surface area contributed by atoms with Gasteiger partial charge in [0.25, 0.3) is 0 Å². The monoisotopic (exact) mass is 240 g/mol. The smallest absolute Gasteiger partial charge is 0.135 e. The van der Waals surface area contributed by atoms with E-state index in [0.717, 1.165) is 11.1 Å². The second kappa shape index (κ2) is 5.37. The molecule has 0 saturated carbocycles. The van der Waals surface area contributed by atoms with Crippen molar-refractivity contribution >= 4 is 0 Å². The van der Waals surface area contributed by atoms with Crippen LogP contribution in [-0.2, 0) is 6.61 Å². The minimum absolute atomic E-state index is 0.267. The first kappa shape index (κ1) is 12.2. The molecule has 2 heteroatoms. The van der Waals surface area contributed by atoms with Crippen LogP contribution in [-0.4, -0.2) is 0 Å². The van der Waals surface area contributed by atoms with Crippen molar-refractivity contribution < 1.29 is 9.13 Å². The Kier molecular flexibility index (Phi) is 3.64. The van der Waals surface area contributed by atoms with Crippen LogP contribution < -0.4 is 4.74 Å². The second-order valence-corrected chi connectivity index (χ2v) is 4.06. The van der Waals surface area contributed by atoms with Gasteiger partial charge < -0.3 is 4.74 Å². The van der Waals surface area contributed by atoms with Crippen molar-refractivity contribution in [1.82, 2.24) is 0 Å². The summed E-state index contributed by atoms with van der Waals surface area (Å²) in [5.41, 5.74) is 2.58. The Labute approximate surface area is 106 Å². The lowest BCUT2D eigenvalue weighted by atomic mass is 10.1. The highest BCUT2D eigenvalue weighted by molar-refractivity contribution is 5.46. The van der Waals surface area contributed by atoms with Gasteiger partial charge in [-0.3, -0.25) is 0 Å². The summed E-state index contributed by atoms with van der Waals surface area (Å²) in [5, 5.41) is 0. The number of rotatable bonds is 3. The van der Waals surface area contributed by atoms with Gasteiger partial charge in [-0.25, -0.2) is 4.39 Å². The SMILES string of the molecule is C#Cc1cc(C)ccc1OCc1cccc(F)c1. The van der Waals surface area contributed by atoms with Gasteiger partial charge in [0.05, 0.1) is 5.56 Å². The van der Waals surface area contributed by atoms with E-state index in [-0.39, 0.29) is 5.82 Å². The first-order valence-electron chi connectivity index (χ1n) is 5.63. The van der Waals surface area contributed by atoms with Gasteiger partial charge in [-0.05, 0) is 42.3 Å². The van der Waals surface area contributed by atoms with Crippen LogP contribution in [0.15, 0.2) is 42.5 Å². The Balaban J connectivity index is 2.14. The fraction of sp³-hybridized carbons (Fsp3) is 0.125. The van der Waals surface area contributed by atoms with Crippen molar-refractivity contribution in [3.63, 3.8) is 0 Å². The molecule has 0 spiro atoms. The quantitative estimate of drug-likeness (QED) is 0.743. The van der Waals surface area contributed by atoms with Gasteiger partial charge in [0.2, 0.25) is 0 Å². The molecule has 0 unspecified atom stereocenters. The molecule has 2 aromatic carbocycles. The highest BCUT2D eigenvalue weighted by Crippen LogP contribution is 2.20. The molecule has 1 nitrogen and oxygen atoms in total. The molecular weight excluding hydrogens is 227 g/mol. The third kappa shape index (κ3) is 2.89. The molecule has 0 fully saturated rings. The number of aryl methyl sites for hydroxylation is 1. The van der Waals surface area contributed by atoms with Crippen molar-refractivity contribution in [2.45, 2.75) is 13.5 Å². The summed E-state index contributed by atoms with van der Waals surface area (Å²) < 4.78 is 18.6. The summed E-state index contributed by atoms with van der Waals surface area (Å²) >= 11 is 0. The van der Waals surface area contributed by atoms with Crippen LogP contribution in [0.4, 0.5) is 4.39 Å². The molecule has 0 saturated heterocycles. The molecule has 0 amide bonds. The Morgan fingerprint density at radius 3 is 2.78 bits per heavy atom. The molecule has 0 N–H and O–H groups in total. The third-order valence-electron chi connectivity index (χ3n) is 2.57. The van der Waals surface area contributed by atoms with Crippen LogP contribution >= 0.6 is 0 Å². The molecule has 0 aliphatic carbocycles. The van der Waals surface area contributed by atoms with Gasteiger partial charge in [0, 0.05) is 0 Å². The standard InChI is InChI=1S/C16H13FO/c1-3-14-9-12(2)7-8-16(14)18-11-13-5-4-6-15(17)10-13/h1,4-10H,11H2,2H3. The van der Waals surface area contributed by atoms with E-state index >= 15 is 0 Å². The lowest BCUT2D eigenvalue weighted by Gasteiger charge is -2.09. The van der Waals surface area contributed by atoms with Crippen molar-refractivity contribution in [2.24, 2.45) is 0 Å². The topological polar surface area (TPSA) is 9.23 Å². The van der Waals surface area contributed by atoms with Crippen LogP contribution in [0.3, 0.4) is 0 Å². The highest BCUT2D eigenvalue weighted by atomic mass is 19.1. The van der Waals surface area contributed by atoms with Crippen LogP contribution in [0.5, 0.6) is 5.75 Å². The van der Waals surface area contributed by atoms with Crippen molar-refractivity contribution in [3.8, 4) is 18.1 Å². The Morgan fingerprint density at radius 2 is 2.06 bits per heavy atom. The largest absolute Gasteiger partial charge is 0.488 e. The molecule has 0 heterocycles. The number of hydrogen-bond acceptors (Lipinski definition) is 1. The number of hydrogen-bond donors (Lipinski definition) is 0. The summed E-state index contributed by atoms with van der Waals surface area (Å²) in [6.45, 7) is 2.27. The Hall–Kier alpha value is -2.27. The molecule has 0 aliphatic heterocycles. The van der Waals surface area contributed by atoms with E-state index in [9.17, 15) is 4.39 Å². The number of benzene rings is 2. The predicted octanol–water partition coefficient (Wildman–Crippen LogP) is 3.69. The summed E-state index contributed by atoms with van der Waals surface area (Å²) in [6.07, 6.45) is 5.42. The highest BCUT2D eigenvalue weighted by Gasteiger charge is 2.02. The summed E-state index contributed by atoms with van der Waals surface area (Å²) in [6, 6.07) is 12.0. The third-order valence-corrected chi connectivity index (χ3v) is 2.57. The van der Waals surface area contributed by atoms with Crippen molar-refractivity contribution in [3.05, 3.63) is 65.0 Å². The number of ether oxygens (including phenoxy) is 1. The minimum atomic E-state index is -0.267. The van der Waals surface area contributed by atoms with Crippen LogP contribution in [0.1, 0.15) is 16.7 Å². The lowest BCUT2D eigenvalue weighted by molar-refractivity contribution is 0.304. The van der Waals surface area contributed by atoms with E-state index in [1.165, 1.54) is 12.1 Å². The number of terminal acetylenes is 1. The average molecular weight is 240 g/mol. The van der Waals surface area contributed by atoms with Gasteiger partial charge in [0.15, 0.2) is 0 Å². The first-order chi connectivity index (χ1) is 8.69. The van der Waals surface area contributed by atoms with E-state index in [4.69, 9.17) is 11.2 Å². The molecule has 18 heavy (non-hydrogen) atoms. The first-order valence-corrected chi connectivity index (χ1v) is 5.63. The molecular formula is C16H13FO. The van der Waals surface area contributed by atoms with E-state index in [2.05, 4.69) is 5.92 Å². The fourth-order valence-corrected chi connectivity index (χ4v) is 1.67. The molecule has 2 rings (SSSR count). The summed E-state index contributed by atoms with van der Waals surface area (Å²) in [4.78, 5) is 0. The van der Waals surface area contributed by atoms with Crippen LogP contribution in [0.25, 0.3) is 0 Å². The maximum Gasteiger partial charge on any atom is 0.135 e. The predicted molar refractivity (Wildman–Crippen MR) is 69.8 cm³/mol. The van der Waals surface area contributed by atoms with Gasteiger partial charge in [0.1, 0.15) is 18.2 Å². The van der Waals surface area contributed by atoms with E-state index in [0.29, 0.717) is 17.9 Å². The zero-order valence-electron chi connectivity index (χ0n) is 10.1. The zero-order chi connectivity index (χ0) is 13.0. The average Bonchev–Trinajstić information content (AvgIpc) is 2.37. The maximum absolute atomic E-state index is 13.0. The Morgan fingerprint density at radius 1 is 1.22 bits per heavy atom. The van der Waals surface area contributed by atoms with E-state index in [1.807, 2.05) is 31.2 Å². The molecule has 0 radical (unpaired) electrons. The fourth-order valence-electron chi connectivity index (χ4n) is 1.67. The molecule has 0 bridgehead atoms. The Bertz CT molecular complexity index is 596. The second-order valence-electron chi connectivity index (χ2n) is 4.06. The molecule has 0 aliphatic rings. The summed E-state index contributed by atoms with van der Waals surface area (Å²) in [5.74, 6) is 2.96. The van der Waals surface area contributed by atoms with Gasteiger partial charge in [-0.2, -0.15) is 0 Å².